The van der Waals surface area contributed by atoms with Gasteiger partial charge in [0, 0.05) is 18.7 Å². The lowest BCUT2D eigenvalue weighted by atomic mass is 10.2. The first kappa shape index (κ1) is 22.6. The summed E-state index contributed by atoms with van der Waals surface area (Å²) in [5.41, 5.74) is 1.70. The fourth-order valence-corrected chi connectivity index (χ4v) is 5.77. The molecule has 9 heteroatoms. The maximum absolute atomic E-state index is 12.5. The zero-order valence-corrected chi connectivity index (χ0v) is 19.4. The minimum atomic E-state index is -3.38. The molecule has 30 heavy (non-hydrogen) atoms. The van der Waals surface area contributed by atoms with Crippen LogP contribution in [0.15, 0.2) is 53.5 Å². The van der Waals surface area contributed by atoms with Gasteiger partial charge >= 0.3 is 0 Å². The van der Waals surface area contributed by atoms with Crippen LogP contribution in [-0.2, 0) is 26.9 Å². The molecule has 0 bridgehead atoms. The predicted molar refractivity (Wildman–Crippen MR) is 124 cm³/mol. The van der Waals surface area contributed by atoms with Crippen LogP contribution >= 0.6 is 23.1 Å². The fourth-order valence-electron chi connectivity index (χ4n) is 2.97. The largest absolute Gasteiger partial charge is 0.497 e. The van der Waals surface area contributed by atoms with Crippen molar-refractivity contribution in [2.45, 2.75) is 18.7 Å². The molecule has 160 valence electrons. The second kappa shape index (κ2) is 10.3. The maximum atomic E-state index is 12.5. The first-order valence-corrected chi connectivity index (χ1v) is 13.4. The van der Waals surface area contributed by atoms with Gasteiger partial charge in [0.05, 0.1) is 28.8 Å². The first-order valence-electron chi connectivity index (χ1n) is 9.40. The van der Waals surface area contributed by atoms with Crippen molar-refractivity contribution >= 4 is 49.1 Å². The van der Waals surface area contributed by atoms with Crippen molar-refractivity contribution in [3.8, 4) is 5.75 Å². The summed E-state index contributed by atoms with van der Waals surface area (Å²) < 4.78 is 33.0. The smallest absolute Gasteiger partial charge is 0.249 e. The number of methoxy groups -OCH3 is 1. The number of aryl methyl sites for hydroxylation is 1. The highest BCUT2D eigenvalue weighted by atomic mass is 32.2. The molecule has 2 aromatic carbocycles. The molecular weight excluding hydrogens is 440 g/mol. The molecule has 0 atom stereocenters. The van der Waals surface area contributed by atoms with E-state index in [9.17, 15) is 13.2 Å². The number of nitrogens with zero attached hydrogens (tertiary/aromatic N) is 2. The molecule has 0 fully saturated rings. The molecule has 0 spiro atoms. The van der Waals surface area contributed by atoms with E-state index in [1.807, 2.05) is 35.1 Å². The minimum Gasteiger partial charge on any atom is -0.497 e. The lowest BCUT2D eigenvalue weighted by Crippen LogP contribution is -2.19. The highest BCUT2D eigenvalue weighted by Crippen LogP contribution is 2.23. The van der Waals surface area contributed by atoms with Crippen molar-refractivity contribution < 1.29 is 17.9 Å². The van der Waals surface area contributed by atoms with Gasteiger partial charge in [0.25, 0.3) is 0 Å². The van der Waals surface area contributed by atoms with Crippen molar-refractivity contribution in [1.82, 2.24) is 4.57 Å². The van der Waals surface area contributed by atoms with Gasteiger partial charge in [0.1, 0.15) is 5.75 Å². The number of thioether (sulfide) groups is 1. The minimum absolute atomic E-state index is 0.0719. The van der Waals surface area contributed by atoms with E-state index in [0.29, 0.717) is 11.3 Å². The number of thiazole rings is 1. The third-order valence-corrected chi connectivity index (χ3v) is 7.72. The molecule has 0 radical (unpaired) electrons. The number of carbonyl (C=O) groups excluding carboxylic acids is 1. The molecule has 3 rings (SSSR count). The lowest BCUT2D eigenvalue weighted by Gasteiger charge is -2.05. The molecule has 3 aromatic rings. The monoisotopic (exact) mass is 464 g/mol. The summed E-state index contributed by atoms with van der Waals surface area (Å²) in [4.78, 5) is 17.3. The second-order valence-electron chi connectivity index (χ2n) is 6.70. The number of hydrogen-bond acceptors (Lipinski definition) is 6. The Morgan fingerprint density at radius 2 is 1.97 bits per heavy atom. The Kier molecular flexibility index (Phi) is 7.74. The quantitative estimate of drug-likeness (QED) is 0.484. The highest BCUT2D eigenvalue weighted by Gasteiger charge is 2.15. The Hall–Kier alpha value is -2.10. The van der Waals surface area contributed by atoms with Gasteiger partial charge in [-0.1, -0.05) is 41.7 Å². The average molecular weight is 465 g/mol. The predicted octanol–water partition coefficient (Wildman–Crippen LogP) is 3.51. The van der Waals surface area contributed by atoms with E-state index < -0.39 is 15.7 Å². The van der Waals surface area contributed by atoms with Crippen molar-refractivity contribution in [3.63, 3.8) is 0 Å². The van der Waals surface area contributed by atoms with Crippen LogP contribution in [-0.4, -0.2) is 43.8 Å². The van der Waals surface area contributed by atoms with Crippen LogP contribution in [0.4, 0.5) is 0 Å². The summed E-state index contributed by atoms with van der Waals surface area (Å²) in [6.45, 7) is 0.714. The van der Waals surface area contributed by atoms with Crippen LogP contribution < -0.4 is 9.54 Å². The number of carbonyl (C=O) groups is 1. The molecule has 0 unspecified atom stereocenters. The Bertz CT molecular complexity index is 1180. The third kappa shape index (κ3) is 5.96. The number of fused-ring (bicyclic) bond motifs is 1. The number of benzene rings is 2. The molecule has 6 nitrogen and oxygen atoms in total. The van der Waals surface area contributed by atoms with Crippen LogP contribution in [0.25, 0.3) is 10.2 Å². The van der Waals surface area contributed by atoms with Gasteiger partial charge in [-0.25, -0.2) is 8.42 Å². The Morgan fingerprint density at radius 3 is 2.67 bits per heavy atom. The Morgan fingerprint density at radius 1 is 1.20 bits per heavy atom. The van der Waals surface area contributed by atoms with Gasteiger partial charge in [-0.15, -0.1) is 0 Å². The van der Waals surface area contributed by atoms with E-state index in [4.69, 9.17) is 4.74 Å². The van der Waals surface area contributed by atoms with Crippen molar-refractivity contribution in [3.05, 3.63) is 58.9 Å². The summed E-state index contributed by atoms with van der Waals surface area (Å²) >= 11 is 3.12. The first-order chi connectivity index (χ1) is 14.4. The molecule has 1 heterocycles. The summed E-state index contributed by atoms with van der Waals surface area (Å²) in [6.07, 6.45) is 1.90. The topological polar surface area (TPSA) is 77.7 Å². The number of amides is 1. The molecule has 0 saturated carbocycles. The van der Waals surface area contributed by atoms with E-state index in [-0.39, 0.29) is 17.9 Å². The SMILES string of the molecule is COc1ccc2c(c1)sc(=NC(=O)CCS(=O)(=O)Cc1ccccc1)n2CCSC. The number of ether oxygens (including phenoxy) is 1. The highest BCUT2D eigenvalue weighted by molar-refractivity contribution is 7.98. The Labute approximate surface area is 184 Å². The summed E-state index contributed by atoms with van der Waals surface area (Å²) in [7, 11) is -1.77. The van der Waals surface area contributed by atoms with Crippen molar-refractivity contribution in [2.75, 3.05) is 24.9 Å². The van der Waals surface area contributed by atoms with Crippen molar-refractivity contribution in [1.29, 1.82) is 0 Å². The van der Waals surface area contributed by atoms with E-state index >= 15 is 0 Å². The summed E-state index contributed by atoms with van der Waals surface area (Å²) in [6, 6.07) is 14.7. The van der Waals surface area contributed by atoms with Gasteiger partial charge in [0.2, 0.25) is 5.91 Å². The van der Waals surface area contributed by atoms with Crippen LogP contribution in [0.3, 0.4) is 0 Å². The molecule has 0 saturated heterocycles. The van der Waals surface area contributed by atoms with Gasteiger partial charge in [-0.2, -0.15) is 16.8 Å². The van der Waals surface area contributed by atoms with Crippen LogP contribution in [0, 0.1) is 0 Å². The Balaban J connectivity index is 1.80. The molecule has 1 aromatic heterocycles. The van der Waals surface area contributed by atoms with E-state index in [1.54, 1.807) is 43.1 Å². The van der Waals surface area contributed by atoms with Crippen molar-refractivity contribution in [2.24, 2.45) is 4.99 Å². The molecule has 0 aliphatic heterocycles. The van der Waals surface area contributed by atoms with Crippen LogP contribution in [0.2, 0.25) is 0 Å². The van der Waals surface area contributed by atoms with E-state index in [0.717, 1.165) is 27.3 Å². The standard InChI is InChI=1S/C21H24N2O4S3/c1-27-17-8-9-18-19(14-17)29-21(23(18)11-12-28-2)22-20(24)10-13-30(25,26)15-16-6-4-3-5-7-16/h3-9,14H,10-13,15H2,1-2H3. The molecule has 0 aliphatic rings. The van der Waals surface area contributed by atoms with Crippen LogP contribution in [0.1, 0.15) is 12.0 Å². The fraction of sp³-hybridized carbons (Fsp3) is 0.333. The summed E-state index contributed by atoms with van der Waals surface area (Å²) in [5, 5.41) is 0. The second-order valence-corrected chi connectivity index (χ2v) is 10.9. The van der Waals surface area contributed by atoms with Gasteiger partial charge in [-0.05, 0) is 30.0 Å². The van der Waals surface area contributed by atoms with E-state index in [2.05, 4.69) is 4.99 Å². The number of sulfone groups is 1. The summed E-state index contributed by atoms with van der Waals surface area (Å²) in [5.74, 6) is 0.907. The lowest BCUT2D eigenvalue weighted by molar-refractivity contribution is -0.117. The molecular formula is C21H24N2O4S3. The van der Waals surface area contributed by atoms with Gasteiger partial charge in [-0.3, -0.25) is 4.79 Å². The molecule has 0 aliphatic carbocycles. The normalized spacial score (nSPS) is 12.4. The molecule has 1 amide bonds. The van der Waals surface area contributed by atoms with Gasteiger partial charge < -0.3 is 9.30 Å². The average Bonchev–Trinajstić information content (AvgIpc) is 3.07. The maximum Gasteiger partial charge on any atom is 0.249 e. The zero-order valence-electron chi connectivity index (χ0n) is 16.9. The van der Waals surface area contributed by atoms with E-state index in [1.165, 1.54) is 11.3 Å². The number of hydrogen-bond donors (Lipinski definition) is 0. The number of aromatic nitrogens is 1. The van der Waals surface area contributed by atoms with Crippen LogP contribution in [0.5, 0.6) is 5.75 Å². The zero-order chi connectivity index (χ0) is 21.6. The molecule has 0 N–H and O–H groups in total. The number of rotatable bonds is 9. The third-order valence-electron chi connectivity index (χ3n) is 4.49. The van der Waals surface area contributed by atoms with Gasteiger partial charge in [0.15, 0.2) is 14.6 Å².